The summed E-state index contributed by atoms with van der Waals surface area (Å²) < 4.78 is 5.56. The van der Waals surface area contributed by atoms with Crippen molar-refractivity contribution in [2.24, 2.45) is 0 Å². The number of hydrogen-bond donors (Lipinski definition) is 1. The number of hydrogen-bond acceptors (Lipinski definition) is 2. The highest BCUT2D eigenvalue weighted by Crippen LogP contribution is 2.21. The fourth-order valence-electron chi connectivity index (χ4n) is 1.87. The summed E-state index contributed by atoms with van der Waals surface area (Å²) in [5.41, 5.74) is 2.58. The van der Waals surface area contributed by atoms with Gasteiger partial charge < -0.3 is 10.1 Å². The zero-order valence-corrected chi connectivity index (χ0v) is 12.0. The second-order valence-corrected chi connectivity index (χ2v) is 4.68. The van der Waals surface area contributed by atoms with Crippen molar-refractivity contribution in [1.29, 1.82) is 0 Å². The van der Waals surface area contributed by atoms with Gasteiger partial charge in [-0.15, -0.1) is 0 Å². The van der Waals surface area contributed by atoms with Crippen LogP contribution in [0, 0.1) is 0 Å². The molecule has 0 fully saturated rings. The van der Waals surface area contributed by atoms with Crippen LogP contribution >= 0.6 is 0 Å². The molecular weight excluding hydrogens is 222 g/mol. The molecule has 0 aromatic heterocycles. The second kappa shape index (κ2) is 7.93. The lowest BCUT2D eigenvalue weighted by atomic mass is 10.0. The summed E-state index contributed by atoms with van der Waals surface area (Å²) in [5.74, 6) is 0.945. The van der Waals surface area contributed by atoms with Crippen molar-refractivity contribution in [3.8, 4) is 5.75 Å². The van der Waals surface area contributed by atoms with Crippen LogP contribution in [0.15, 0.2) is 35.9 Å². The first-order valence-electron chi connectivity index (χ1n) is 6.78. The standard InChI is InChI=1S/C16H25NO/c1-5-10-17-16(11-13(3)4)14-8-7-9-15(12-14)18-6-2/h7-9,11-12,16-17H,5-6,10H2,1-4H3. The van der Waals surface area contributed by atoms with E-state index in [0.717, 1.165) is 18.7 Å². The fraction of sp³-hybridized carbons (Fsp3) is 0.500. The molecule has 100 valence electrons. The highest BCUT2D eigenvalue weighted by Gasteiger charge is 2.08. The van der Waals surface area contributed by atoms with Crippen LogP contribution in [0.4, 0.5) is 0 Å². The van der Waals surface area contributed by atoms with Gasteiger partial charge in [0.05, 0.1) is 12.6 Å². The molecule has 0 amide bonds. The van der Waals surface area contributed by atoms with Crippen molar-refractivity contribution in [2.75, 3.05) is 13.2 Å². The summed E-state index contributed by atoms with van der Waals surface area (Å²) in [6, 6.07) is 8.60. The smallest absolute Gasteiger partial charge is 0.119 e. The molecule has 0 aliphatic rings. The van der Waals surface area contributed by atoms with Crippen molar-refractivity contribution in [3.63, 3.8) is 0 Å². The van der Waals surface area contributed by atoms with Crippen LogP contribution < -0.4 is 10.1 Å². The molecule has 0 aliphatic heterocycles. The van der Waals surface area contributed by atoms with Gasteiger partial charge in [0.2, 0.25) is 0 Å². The second-order valence-electron chi connectivity index (χ2n) is 4.68. The molecule has 1 aromatic rings. The van der Waals surface area contributed by atoms with E-state index in [9.17, 15) is 0 Å². The zero-order chi connectivity index (χ0) is 13.4. The molecule has 1 rings (SSSR count). The molecule has 1 atom stereocenters. The van der Waals surface area contributed by atoms with E-state index in [2.05, 4.69) is 50.4 Å². The summed E-state index contributed by atoms with van der Waals surface area (Å²) in [7, 11) is 0. The van der Waals surface area contributed by atoms with Crippen LogP contribution in [0.1, 0.15) is 45.7 Å². The van der Waals surface area contributed by atoms with E-state index < -0.39 is 0 Å². The van der Waals surface area contributed by atoms with Crippen molar-refractivity contribution in [3.05, 3.63) is 41.5 Å². The Kier molecular flexibility index (Phi) is 6.51. The summed E-state index contributed by atoms with van der Waals surface area (Å²) in [5, 5.41) is 3.55. The summed E-state index contributed by atoms with van der Waals surface area (Å²) in [6.45, 7) is 10.2. The lowest BCUT2D eigenvalue weighted by Gasteiger charge is -2.17. The Balaban J connectivity index is 2.89. The van der Waals surface area contributed by atoms with E-state index in [1.54, 1.807) is 0 Å². The number of rotatable bonds is 7. The molecule has 0 spiro atoms. The van der Waals surface area contributed by atoms with Crippen LogP contribution in [0.3, 0.4) is 0 Å². The zero-order valence-electron chi connectivity index (χ0n) is 12.0. The SMILES string of the molecule is CCCNC(C=C(C)C)c1cccc(OCC)c1. The van der Waals surface area contributed by atoms with Gasteiger partial charge in [-0.1, -0.05) is 30.7 Å². The molecule has 0 aliphatic carbocycles. The number of benzene rings is 1. The lowest BCUT2D eigenvalue weighted by Crippen LogP contribution is -2.20. The first kappa shape index (κ1) is 14.8. The van der Waals surface area contributed by atoms with Crippen molar-refractivity contribution >= 4 is 0 Å². The Bertz CT molecular complexity index is 380. The molecule has 0 radical (unpaired) electrons. The minimum absolute atomic E-state index is 0.273. The Morgan fingerprint density at radius 2 is 2.11 bits per heavy atom. The van der Waals surface area contributed by atoms with E-state index in [1.165, 1.54) is 11.1 Å². The first-order valence-corrected chi connectivity index (χ1v) is 6.78. The molecule has 2 heteroatoms. The molecule has 0 saturated heterocycles. The topological polar surface area (TPSA) is 21.3 Å². The first-order chi connectivity index (χ1) is 8.67. The Hall–Kier alpha value is -1.28. The Morgan fingerprint density at radius 1 is 1.33 bits per heavy atom. The maximum absolute atomic E-state index is 5.56. The van der Waals surface area contributed by atoms with Gasteiger partial charge in [0.1, 0.15) is 5.75 Å². The van der Waals surface area contributed by atoms with Gasteiger partial charge in [-0.05, 0) is 51.4 Å². The lowest BCUT2D eigenvalue weighted by molar-refractivity contribution is 0.339. The highest BCUT2D eigenvalue weighted by molar-refractivity contribution is 5.33. The van der Waals surface area contributed by atoms with Crippen LogP contribution in [0.5, 0.6) is 5.75 Å². The third-order valence-electron chi connectivity index (χ3n) is 2.64. The predicted molar refractivity (Wildman–Crippen MR) is 78.1 cm³/mol. The molecule has 0 heterocycles. The molecule has 0 bridgehead atoms. The molecule has 1 aromatic carbocycles. The average molecular weight is 247 g/mol. The molecule has 18 heavy (non-hydrogen) atoms. The van der Waals surface area contributed by atoms with Gasteiger partial charge >= 0.3 is 0 Å². The van der Waals surface area contributed by atoms with Crippen molar-refractivity contribution in [2.45, 2.75) is 40.2 Å². The van der Waals surface area contributed by atoms with Crippen molar-refractivity contribution < 1.29 is 4.74 Å². The van der Waals surface area contributed by atoms with Gasteiger partial charge in [-0.3, -0.25) is 0 Å². The quantitative estimate of drug-likeness (QED) is 0.733. The molecular formula is C16H25NO. The third kappa shape index (κ3) is 4.92. The van der Waals surface area contributed by atoms with E-state index in [4.69, 9.17) is 4.74 Å². The molecule has 1 N–H and O–H groups in total. The van der Waals surface area contributed by atoms with Gasteiger partial charge in [0.25, 0.3) is 0 Å². The van der Waals surface area contributed by atoms with E-state index >= 15 is 0 Å². The Morgan fingerprint density at radius 3 is 2.72 bits per heavy atom. The van der Waals surface area contributed by atoms with Crippen LogP contribution in [0.25, 0.3) is 0 Å². The van der Waals surface area contributed by atoms with E-state index in [0.29, 0.717) is 6.61 Å². The minimum atomic E-state index is 0.273. The van der Waals surface area contributed by atoms with Gasteiger partial charge in [0, 0.05) is 0 Å². The van der Waals surface area contributed by atoms with Gasteiger partial charge in [0.15, 0.2) is 0 Å². The summed E-state index contributed by atoms with van der Waals surface area (Å²) >= 11 is 0. The largest absolute Gasteiger partial charge is 0.494 e. The maximum atomic E-state index is 5.56. The fourth-order valence-corrected chi connectivity index (χ4v) is 1.87. The number of allylic oxidation sites excluding steroid dienone is 1. The van der Waals surface area contributed by atoms with E-state index in [-0.39, 0.29) is 6.04 Å². The van der Waals surface area contributed by atoms with Crippen LogP contribution in [-0.2, 0) is 0 Å². The van der Waals surface area contributed by atoms with E-state index in [1.807, 2.05) is 13.0 Å². The Labute approximate surface area is 111 Å². The minimum Gasteiger partial charge on any atom is -0.494 e. The molecule has 1 unspecified atom stereocenters. The molecule has 0 saturated carbocycles. The maximum Gasteiger partial charge on any atom is 0.119 e. The van der Waals surface area contributed by atoms with Gasteiger partial charge in [-0.25, -0.2) is 0 Å². The summed E-state index contributed by atoms with van der Waals surface area (Å²) in [4.78, 5) is 0. The third-order valence-corrected chi connectivity index (χ3v) is 2.64. The number of nitrogens with one attached hydrogen (secondary N) is 1. The van der Waals surface area contributed by atoms with Crippen LogP contribution in [0.2, 0.25) is 0 Å². The normalized spacial score (nSPS) is 12.0. The highest BCUT2D eigenvalue weighted by atomic mass is 16.5. The number of ether oxygens (including phenoxy) is 1. The average Bonchev–Trinajstić information content (AvgIpc) is 2.35. The monoisotopic (exact) mass is 247 g/mol. The van der Waals surface area contributed by atoms with Crippen LogP contribution in [-0.4, -0.2) is 13.2 Å². The molecule has 2 nitrogen and oxygen atoms in total. The predicted octanol–water partition coefficient (Wildman–Crippen LogP) is 4.09. The van der Waals surface area contributed by atoms with Gasteiger partial charge in [-0.2, -0.15) is 0 Å². The van der Waals surface area contributed by atoms with Crippen molar-refractivity contribution in [1.82, 2.24) is 5.32 Å². The summed E-state index contributed by atoms with van der Waals surface area (Å²) in [6.07, 6.45) is 3.40.